The lowest BCUT2D eigenvalue weighted by Crippen LogP contribution is -2.45. The molecule has 40 heavy (non-hydrogen) atoms. The number of halogens is 3. The first-order valence-electron chi connectivity index (χ1n) is 12.5. The predicted octanol–water partition coefficient (Wildman–Crippen LogP) is 6.60. The predicted molar refractivity (Wildman–Crippen MR) is 146 cm³/mol. The number of hydrogen-bond acceptors (Lipinski definition) is 8. The van der Waals surface area contributed by atoms with Crippen molar-refractivity contribution in [3.63, 3.8) is 0 Å². The molecule has 216 valence electrons. The fourth-order valence-corrected chi connectivity index (χ4v) is 4.38. The molecule has 1 saturated heterocycles. The number of alkyl halides is 3. The molecule has 12 heteroatoms. The van der Waals surface area contributed by atoms with E-state index in [0.29, 0.717) is 28.3 Å². The van der Waals surface area contributed by atoms with Crippen LogP contribution >= 0.6 is 0 Å². The number of anilines is 2. The standard InChI is InChI=1S/C27H31F3N6O3.CH4/c1-15-19(18-9-11-31-22(13-18)27(28,29)30)7-8-20(33-15)16(2)34-24-32-12-10-23(35-24)36-21(14-38-25(36)37)17(3)39-26(4,5)6;/h7-13,16-17,21H,14H2,1-6H3,(H,32,34,35);1H4/t16-,17+,21+;/m0./s1. The van der Waals surface area contributed by atoms with Gasteiger partial charge in [0, 0.05) is 23.7 Å². The van der Waals surface area contributed by atoms with Crippen molar-refractivity contribution < 1.29 is 27.4 Å². The molecule has 1 aliphatic heterocycles. The van der Waals surface area contributed by atoms with Crippen LogP contribution in [0.15, 0.2) is 42.7 Å². The number of aryl methyl sites for hydroxylation is 1. The quantitative estimate of drug-likeness (QED) is 0.345. The molecule has 1 N–H and O–H groups in total. The van der Waals surface area contributed by atoms with Gasteiger partial charge in [-0.05, 0) is 71.4 Å². The first-order valence-corrected chi connectivity index (χ1v) is 12.5. The molecule has 0 aromatic carbocycles. The van der Waals surface area contributed by atoms with Crippen LogP contribution in [0.4, 0.5) is 29.7 Å². The molecule has 1 aliphatic rings. The summed E-state index contributed by atoms with van der Waals surface area (Å²) in [6, 6.07) is 6.90. The van der Waals surface area contributed by atoms with E-state index in [-0.39, 0.29) is 38.2 Å². The van der Waals surface area contributed by atoms with Crippen LogP contribution in [0.1, 0.15) is 65.2 Å². The van der Waals surface area contributed by atoms with Crippen molar-refractivity contribution in [1.82, 2.24) is 19.9 Å². The van der Waals surface area contributed by atoms with Crippen LogP contribution in [0.25, 0.3) is 11.1 Å². The van der Waals surface area contributed by atoms with E-state index >= 15 is 0 Å². The number of rotatable bonds is 7. The Morgan fingerprint density at radius 1 is 1.07 bits per heavy atom. The van der Waals surface area contributed by atoms with Gasteiger partial charge in [-0.1, -0.05) is 13.5 Å². The highest BCUT2D eigenvalue weighted by Crippen LogP contribution is 2.32. The summed E-state index contributed by atoms with van der Waals surface area (Å²) in [4.78, 5) is 30.9. The highest BCUT2D eigenvalue weighted by molar-refractivity contribution is 5.89. The molecule has 3 atom stereocenters. The van der Waals surface area contributed by atoms with Gasteiger partial charge in [-0.25, -0.2) is 9.78 Å². The Bertz CT molecular complexity index is 1350. The topological polar surface area (TPSA) is 102 Å². The minimum absolute atomic E-state index is 0. The third kappa shape index (κ3) is 7.04. The van der Waals surface area contributed by atoms with E-state index in [4.69, 9.17) is 9.47 Å². The van der Waals surface area contributed by atoms with Crippen LogP contribution in [-0.4, -0.2) is 50.4 Å². The molecule has 0 saturated carbocycles. The molecule has 0 radical (unpaired) electrons. The van der Waals surface area contributed by atoms with Crippen molar-refractivity contribution in [2.45, 2.75) is 78.9 Å². The lowest BCUT2D eigenvalue weighted by atomic mass is 10.0. The van der Waals surface area contributed by atoms with Crippen molar-refractivity contribution in [3.8, 4) is 11.1 Å². The molecule has 3 aromatic heterocycles. The first kappa shape index (κ1) is 30.7. The third-order valence-electron chi connectivity index (χ3n) is 6.13. The molecule has 1 amide bonds. The van der Waals surface area contributed by atoms with Gasteiger partial charge >= 0.3 is 12.3 Å². The number of nitrogens with zero attached hydrogens (tertiary/aromatic N) is 5. The number of cyclic esters (lactones) is 1. The molecule has 0 unspecified atom stereocenters. The molecule has 9 nitrogen and oxygen atoms in total. The highest BCUT2D eigenvalue weighted by Gasteiger charge is 2.40. The van der Waals surface area contributed by atoms with Crippen molar-refractivity contribution in [2.75, 3.05) is 16.8 Å². The van der Waals surface area contributed by atoms with Gasteiger partial charge in [0.05, 0.1) is 23.4 Å². The highest BCUT2D eigenvalue weighted by atomic mass is 19.4. The maximum absolute atomic E-state index is 13.1. The average molecular weight is 561 g/mol. The zero-order valence-corrected chi connectivity index (χ0v) is 22.6. The second-order valence-electron chi connectivity index (χ2n) is 10.4. The summed E-state index contributed by atoms with van der Waals surface area (Å²) in [7, 11) is 0. The maximum atomic E-state index is 13.1. The smallest absolute Gasteiger partial charge is 0.433 e. The zero-order chi connectivity index (χ0) is 28.5. The monoisotopic (exact) mass is 560 g/mol. The maximum Gasteiger partial charge on any atom is 0.433 e. The van der Waals surface area contributed by atoms with Crippen LogP contribution in [-0.2, 0) is 15.7 Å². The Morgan fingerprint density at radius 2 is 1.77 bits per heavy atom. The molecular weight excluding hydrogens is 525 g/mol. The van der Waals surface area contributed by atoms with Crippen LogP contribution < -0.4 is 10.2 Å². The fourth-order valence-electron chi connectivity index (χ4n) is 4.38. The van der Waals surface area contributed by atoms with Gasteiger partial charge in [0.25, 0.3) is 0 Å². The van der Waals surface area contributed by atoms with Crippen LogP contribution in [0.5, 0.6) is 0 Å². The van der Waals surface area contributed by atoms with Crippen molar-refractivity contribution in [2.24, 2.45) is 0 Å². The van der Waals surface area contributed by atoms with Gasteiger partial charge in [-0.3, -0.25) is 14.9 Å². The summed E-state index contributed by atoms with van der Waals surface area (Å²) < 4.78 is 50.7. The van der Waals surface area contributed by atoms with Gasteiger partial charge in [0.2, 0.25) is 5.95 Å². The van der Waals surface area contributed by atoms with E-state index in [0.717, 1.165) is 12.3 Å². The molecule has 0 aliphatic carbocycles. The van der Waals surface area contributed by atoms with Crippen LogP contribution in [0, 0.1) is 6.92 Å². The van der Waals surface area contributed by atoms with E-state index in [1.54, 1.807) is 31.3 Å². The van der Waals surface area contributed by atoms with Gasteiger partial charge in [0.15, 0.2) is 0 Å². The second kappa shape index (κ2) is 11.7. The van der Waals surface area contributed by atoms with Crippen molar-refractivity contribution in [3.05, 3.63) is 59.8 Å². The summed E-state index contributed by atoms with van der Waals surface area (Å²) in [6.07, 6.45) is -2.68. The Balaban J connectivity index is 0.00000441. The average Bonchev–Trinajstić information content (AvgIpc) is 3.24. The minimum Gasteiger partial charge on any atom is -0.447 e. The van der Waals surface area contributed by atoms with E-state index < -0.39 is 23.6 Å². The lowest BCUT2D eigenvalue weighted by molar-refractivity contribution is -0.141. The number of hydrogen-bond donors (Lipinski definition) is 1. The number of amides is 1. The van der Waals surface area contributed by atoms with E-state index in [9.17, 15) is 18.0 Å². The Kier molecular flexibility index (Phi) is 9.03. The number of ether oxygens (including phenoxy) is 2. The minimum atomic E-state index is -4.53. The Labute approximate surface area is 232 Å². The normalized spacial score (nSPS) is 17.2. The van der Waals surface area contributed by atoms with Gasteiger partial charge in [0.1, 0.15) is 24.2 Å². The summed E-state index contributed by atoms with van der Waals surface area (Å²) in [5.41, 5.74) is 0.790. The molecule has 4 heterocycles. The zero-order valence-electron chi connectivity index (χ0n) is 22.6. The van der Waals surface area contributed by atoms with Crippen molar-refractivity contribution >= 4 is 17.9 Å². The fraction of sp³-hybridized carbons (Fsp3) is 0.464. The van der Waals surface area contributed by atoms with Gasteiger partial charge < -0.3 is 14.8 Å². The number of pyridine rings is 2. The molecule has 1 fully saturated rings. The van der Waals surface area contributed by atoms with Crippen LogP contribution in [0.2, 0.25) is 0 Å². The first-order chi connectivity index (χ1) is 18.2. The summed E-state index contributed by atoms with van der Waals surface area (Å²) in [6.45, 7) is 11.5. The number of nitrogens with one attached hydrogen (secondary N) is 1. The Morgan fingerprint density at radius 3 is 2.42 bits per heavy atom. The summed E-state index contributed by atoms with van der Waals surface area (Å²) in [5.74, 6) is 0.643. The third-order valence-corrected chi connectivity index (χ3v) is 6.13. The number of aromatic nitrogens is 4. The number of carbonyl (C=O) groups is 1. The molecular formula is C28H35F3N6O3. The van der Waals surface area contributed by atoms with Gasteiger partial charge in [-0.15, -0.1) is 0 Å². The number of carbonyl (C=O) groups excluding carboxylic acids is 1. The second-order valence-corrected chi connectivity index (χ2v) is 10.4. The molecule has 3 aromatic rings. The summed E-state index contributed by atoms with van der Waals surface area (Å²) in [5, 5.41) is 3.18. The largest absolute Gasteiger partial charge is 0.447 e. The SMILES string of the molecule is C.Cc1nc([C@H](C)Nc2nccc(N3C(=O)OC[C@@H]3[C@@H](C)OC(C)(C)C)n2)ccc1-c1ccnc(C(F)(F)F)c1. The van der Waals surface area contributed by atoms with E-state index in [2.05, 4.69) is 25.3 Å². The van der Waals surface area contributed by atoms with Gasteiger partial charge in [-0.2, -0.15) is 18.2 Å². The summed E-state index contributed by atoms with van der Waals surface area (Å²) >= 11 is 0. The van der Waals surface area contributed by atoms with E-state index in [1.807, 2.05) is 34.6 Å². The lowest BCUT2D eigenvalue weighted by Gasteiger charge is -2.31. The Hall–Kier alpha value is -3.80. The van der Waals surface area contributed by atoms with Crippen LogP contribution in [0.3, 0.4) is 0 Å². The molecule has 0 spiro atoms. The molecule has 0 bridgehead atoms. The molecule has 4 rings (SSSR count). The van der Waals surface area contributed by atoms with E-state index in [1.165, 1.54) is 11.0 Å². The van der Waals surface area contributed by atoms with Crippen molar-refractivity contribution in [1.29, 1.82) is 0 Å².